The van der Waals surface area contributed by atoms with E-state index in [1.807, 2.05) is 0 Å². The predicted octanol–water partition coefficient (Wildman–Crippen LogP) is -0.196. The van der Waals surface area contributed by atoms with Crippen molar-refractivity contribution in [1.82, 2.24) is 20.0 Å². The van der Waals surface area contributed by atoms with Gasteiger partial charge in [-0.2, -0.15) is 5.10 Å². The molecule has 8 heteroatoms. The Labute approximate surface area is 141 Å². The van der Waals surface area contributed by atoms with Gasteiger partial charge in [0.25, 0.3) is 5.91 Å². The van der Waals surface area contributed by atoms with E-state index < -0.39 is 0 Å². The van der Waals surface area contributed by atoms with Gasteiger partial charge in [-0.15, -0.1) is 0 Å². The Bertz CT molecular complexity index is 609. The van der Waals surface area contributed by atoms with Gasteiger partial charge in [0.1, 0.15) is 17.9 Å². The van der Waals surface area contributed by atoms with Crippen molar-refractivity contribution < 1.29 is 19.1 Å². The van der Waals surface area contributed by atoms with E-state index >= 15 is 0 Å². The number of hydrogen-bond donors (Lipinski definition) is 1. The molecule has 0 radical (unpaired) electrons. The number of nitrogens with one attached hydrogen (secondary N) is 1. The first-order valence-electron chi connectivity index (χ1n) is 8.22. The quantitative estimate of drug-likeness (QED) is 0.778. The van der Waals surface area contributed by atoms with Crippen LogP contribution < -0.4 is 5.32 Å². The number of aromatic nitrogens is 2. The predicted molar refractivity (Wildman–Crippen MR) is 85.4 cm³/mol. The minimum absolute atomic E-state index is 0.00175. The van der Waals surface area contributed by atoms with Gasteiger partial charge in [0.2, 0.25) is 5.91 Å². The number of carbonyl (C=O) groups excluding carboxylic acids is 2. The number of aryl methyl sites for hydroxylation is 1. The third-order valence-electron chi connectivity index (χ3n) is 4.97. The monoisotopic (exact) mass is 336 g/mol. The van der Waals surface area contributed by atoms with Gasteiger partial charge in [-0.25, -0.2) is 0 Å². The number of rotatable bonds is 6. The highest BCUT2D eigenvalue weighted by Crippen LogP contribution is 2.41. The summed E-state index contributed by atoms with van der Waals surface area (Å²) in [6.45, 7) is 2.66. The standard InChI is InChI=1S/C16H24N4O4/c1-19-13(4-7-18-19)15(22)17-6-3-12-5-8-24-16(12)10-20(11-16)14(21)9-23-2/h4,7,12H,3,5-6,8-11H2,1-2H3,(H,17,22)/t12-/m0/s1. The van der Waals surface area contributed by atoms with Crippen molar-refractivity contribution in [2.24, 2.45) is 13.0 Å². The summed E-state index contributed by atoms with van der Waals surface area (Å²) in [6, 6.07) is 1.70. The topological polar surface area (TPSA) is 85.7 Å². The van der Waals surface area contributed by atoms with Gasteiger partial charge in [0.15, 0.2) is 0 Å². The third kappa shape index (κ3) is 3.16. The molecule has 3 heterocycles. The van der Waals surface area contributed by atoms with Gasteiger partial charge in [-0.3, -0.25) is 14.3 Å². The molecule has 0 unspecified atom stereocenters. The van der Waals surface area contributed by atoms with Crippen LogP contribution in [0.3, 0.4) is 0 Å². The maximum atomic E-state index is 12.1. The summed E-state index contributed by atoms with van der Waals surface area (Å²) in [4.78, 5) is 25.7. The van der Waals surface area contributed by atoms with Crippen molar-refractivity contribution in [2.75, 3.05) is 40.0 Å². The summed E-state index contributed by atoms with van der Waals surface area (Å²) in [5.41, 5.74) is 0.313. The zero-order valence-corrected chi connectivity index (χ0v) is 14.2. The molecule has 132 valence electrons. The zero-order valence-electron chi connectivity index (χ0n) is 14.2. The van der Waals surface area contributed by atoms with Crippen LogP contribution in [0.25, 0.3) is 0 Å². The van der Waals surface area contributed by atoms with E-state index in [0.29, 0.717) is 37.9 Å². The lowest BCUT2D eigenvalue weighted by molar-refractivity contribution is -0.168. The van der Waals surface area contributed by atoms with Crippen LogP contribution in [0.15, 0.2) is 12.3 Å². The molecule has 0 saturated carbocycles. The van der Waals surface area contributed by atoms with E-state index in [4.69, 9.17) is 9.47 Å². The van der Waals surface area contributed by atoms with Crippen LogP contribution in [0.2, 0.25) is 0 Å². The fraction of sp³-hybridized carbons (Fsp3) is 0.688. The molecule has 2 aliphatic heterocycles. The molecule has 8 nitrogen and oxygen atoms in total. The first-order valence-corrected chi connectivity index (χ1v) is 8.22. The van der Waals surface area contributed by atoms with E-state index in [1.165, 1.54) is 7.11 Å². The highest BCUT2D eigenvalue weighted by atomic mass is 16.5. The van der Waals surface area contributed by atoms with Gasteiger partial charge < -0.3 is 19.7 Å². The van der Waals surface area contributed by atoms with Crippen LogP contribution in [-0.2, 0) is 21.3 Å². The SMILES string of the molecule is COCC(=O)N1CC2(C1)OCC[C@@H]2CCNC(=O)c1ccnn1C. The summed E-state index contributed by atoms with van der Waals surface area (Å²) in [5.74, 6) is 0.242. The van der Waals surface area contributed by atoms with E-state index in [2.05, 4.69) is 10.4 Å². The molecule has 0 aliphatic carbocycles. The first-order chi connectivity index (χ1) is 11.6. The lowest BCUT2D eigenvalue weighted by Gasteiger charge is -2.50. The Morgan fingerprint density at radius 2 is 2.29 bits per heavy atom. The molecule has 2 aliphatic rings. The second-order valence-corrected chi connectivity index (χ2v) is 6.47. The highest BCUT2D eigenvalue weighted by molar-refractivity contribution is 5.92. The maximum Gasteiger partial charge on any atom is 0.269 e. The van der Waals surface area contributed by atoms with Crippen LogP contribution >= 0.6 is 0 Å². The fourth-order valence-corrected chi connectivity index (χ4v) is 3.58. The van der Waals surface area contributed by atoms with Gasteiger partial charge >= 0.3 is 0 Å². The third-order valence-corrected chi connectivity index (χ3v) is 4.97. The maximum absolute atomic E-state index is 12.1. The smallest absolute Gasteiger partial charge is 0.269 e. The molecule has 2 fully saturated rings. The number of nitrogens with zero attached hydrogens (tertiary/aromatic N) is 3. The number of hydrogen-bond acceptors (Lipinski definition) is 5. The molecular formula is C16H24N4O4. The molecule has 0 bridgehead atoms. The van der Waals surface area contributed by atoms with Gasteiger partial charge in [-0.05, 0) is 24.8 Å². The van der Waals surface area contributed by atoms with Crippen molar-refractivity contribution in [3.63, 3.8) is 0 Å². The molecular weight excluding hydrogens is 312 g/mol. The molecule has 1 aromatic rings. The van der Waals surface area contributed by atoms with Crippen LogP contribution in [0.4, 0.5) is 0 Å². The Kier molecular flexibility index (Phi) is 4.86. The number of carbonyl (C=O) groups is 2. The van der Waals surface area contributed by atoms with Gasteiger partial charge in [-0.1, -0.05) is 0 Å². The Morgan fingerprint density at radius 3 is 2.96 bits per heavy atom. The van der Waals surface area contributed by atoms with Crippen molar-refractivity contribution in [3.05, 3.63) is 18.0 Å². The van der Waals surface area contributed by atoms with Crippen LogP contribution in [0, 0.1) is 5.92 Å². The van der Waals surface area contributed by atoms with Crippen molar-refractivity contribution in [3.8, 4) is 0 Å². The lowest BCUT2D eigenvalue weighted by Crippen LogP contribution is -2.66. The van der Waals surface area contributed by atoms with E-state index in [0.717, 1.165) is 12.8 Å². The molecule has 0 aromatic carbocycles. The van der Waals surface area contributed by atoms with Crippen molar-refractivity contribution >= 4 is 11.8 Å². The number of likely N-dealkylation sites (tertiary alicyclic amines) is 1. The molecule has 1 aromatic heterocycles. The van der Waals surface area contributed by atoms with Crippen LogP contribution in [-0.4, -0.2) is 72.1 Å². The molecule has 24 heavy (non-hydrogen) atoms. The first kappa shape index (κ1) is 16.9. The summed E-state index contributed by atoms with van der Waals surface area (Å²) in [7, 11) is 3.27. The van der Waals surface area contributed by atoms with E-state index in [-0.39, 0.29) is 24.0 Å². The van der Waals surface area contributed by atoms with Crippen molar-refractivity contribution in [2.45, 2.75) is 18.4 Å². The van der Waals surface area contributed by atoms with Gasteiger partial charge in [0.05, 0.1) is 13.1 Å². The molecule has 1 atom stereocenters. The Balaban J connectivity index is 1.47. The molecule has 1 spiro atoms. The molecule has 2 saturated heterocycles. The largest absolute Gasteiger partial charge is 0.375 e. The Morgan fingerprint density at radius 1 is 1.50 bits per heavy atom. The molecule has 1 N–H and O–H groups in total. The van der Waals surface area contributed by atoms with Crippen LogP contribution in [0.5, 0.6) is 0 Å². The second-order valence-electron chi connectivity index (χ2n) is 6.47. The molecule has 2 amide bonds. The normalized spacial score (nSPS) is 21.8. The minimum atomic E-state index is -0.235. The van der Waals surface area contributed by atoms with Crippen molar-refractivity contribution in [1.29, 1.82) is 0 Å². The second kappa shape index (κ2) is 6.90. The highest BCUT2D eigenvalue weighted by Gasteiger charge is 2.53. The number of methoxy groups -OCH3 is 1. The number of amides is 2. The zero-order chi connectivity index (χ0) is 17.2. The minimum Gasteiger partial charge on any atom is -0.375 e. The summed E-state index contributed by atoms with van der Waals surface area (Å²) >= 11 is 0. The summed E-state index contributed by atoms with van der Waals surface area (Å²) < 4.78 is 12.4. The average Bonchev–Trinajstić information content (AvgIpc) is 3.12. The Hall–Kier alpha value is -1.93. The summed E-state index contributed by atoms with van der Waals surface area (Å²) in [6.07, 6.45) is 3.42. The summed E-state index contributed by atoms with van der Waals surface area (Å²) in [5, 5.41) is 6.93. The van der Waals surface area contributed by atoms with E-state index in [1.54, 1.807) is 28.9 Å². The average molecular weight is 336 g/mol. The van der Waals surface area contributed by atoms with Gasteiger partial charge in [0, 0.05) is 33.5 Å². The number of ether oxygens (including phenoxy) is 2. The lowest BCUT2D eigenvalue weighted by atomic mass is 9.79. The van der Waals surface area contributed by atoms with E-state index in [9.17, 15) is 9.59 Å². The molecule has 3 rings (SSSR count). The fourth-order valence-electron chi connectivity index (χ4n) is 3.58. The van der Waals surface area contributed by atoms with Crippen LogP contribution in [0.1, 0.15) is 23.3 Å².